The van der Waals surface area contributed by atoms with Crippen molar-refractivity contribution in [2.24, 2.45) is 0 Å². The van der Waals surface area contributed by atoms with Gasteiger partial charge in [0.1, 0.15) is 6.61 Å². The number of hydrogen-bond donors (Lipinski definition) is 0. The Morgan fingerprint density at radius 2 is 2.20 bits per heavy atom. The highest BCUT2D eigenvalue weighted by atomic mass is 16.5. The van der Waals surface area contributed by atoms with Gasteiger partial charge in [-0.1, -0.05) is 30.3 Å². The van der Waals surface area contributed by atoms with Crippen molar-refractivity contribution in [3.05, 3.63) is 35.9 Å². The minimum atomic E-state index is -0.992. The Morgan fingerprint density at radius 1 is 1.50 bits per heavy atom. The van der Waals surface area contributed by atoms with E-state index in [0.29, 0.717) is 0 Å². The van der Waals surface area contributed by atoms with E-state index in [1.54, 1.807) is 0 Å². The van der Waals surface area contributed by atoms with Crippen molar-refractivity contribution in [1.29, 1.82) is 0 Å². The lowest BCUT2D eigenvalue weighted by molar-refractivity contribution is -0.129. The van der Waals surface area contributed by atoms with E-state index >= 15 is 0 Å². The van der Waals surface area contributed by atoms with Gasteiger partial charge in [0.2, 0.25) is 0 Å². The van der Waals surface area contributed by atoms with Crippen LogP contribution in [0.3, 0.4) is 0 Å². The maximum Gasteiger partial charge on any atom is 0.293 e. The van der Waals surface area contributed by atoms with Gasteiger partial charge >= 0.3 is 0 Å². The van der Waals surface area contributed by atoms with Crippen molar-refractivity contribution in [2.75, 3.05) is 0 Å². The van der Waals surface area contributed by atoms with Crippen molar-refractivity contribution in [3.8, 4) is 0 Å². The smallest absolute Gasteiger partial charge is 0.293 e. The van der Waals surface area contributed by atoms with E-state index < -0.39 is 6.45 Å². The summed E-state index contributed by atoms with van der Waals surface area (Å²) in [4.78, 5) is 10.1. The predicted octanol–water partition coefficient (Wildman–Crippen LogP) is 1.36. The molecule has 2 heteroatoms. The monoisotopic (exact) mass is 138 g/mol. The average Bonchev–Trinajstić information content (AvgIpc) is 2.03. The summed E-state index contributed by atoms with van der Waals surface area (Å²) in [5, 5.41) is 0. The zero-order valence-corrected chi connectivity index (χ0v) is 5.41. The molecule has 1 aromatic rings. The summed E-state index contributed by atoms with van der Waals surface area (Å²) in [6.45, 7) is 0.184. The lowest BCUT2D eigenvalue weighted by Gasteiger charge is -1.95. The van der Waals surface area contributed by atoms with Crippen LogP contribution in [0, 0.1) is 0 Å². The Morgan fingerprint density at radius 3 is 2.80 bits per heavy atom. The third-order valence-corrected chi connectivity index (χ3v) is 1.14. The maximum atomic E-state index is 10.1. The topological polar surface area (TPSA) is 26.3 Å². The first-order valence-corrected chi connectivity index (χ1v) is 2.96. The fourth-order valence-electron chi connectivity index (χ4n) is 0.687. The van der Waals surface area contributed by atoms with Crippen LogP contribution in [0.25, 0.3) is 0 Å². The molecule has 0 aromatic heterocycles. The quantitative estimate of drug-likeness (QED) is 0.577. The van der Waals surface area contributed by atoms with Gasteiger partial charge in [0, 0.05) is 0 Å². The number of ether oxygens (including phenoxy) is 1. The second-order valence-corrected chi connectivity index (χ2v) is 1.86. The normalized spacial score (nSPS) is 10.2. The Balaban J connectivity index is 2.45. The minimum absolute atomic E-state index is 0.184. The van der Waals surface area contributed by atoms with E-state index in [4.69, 9.17) is 1.37 Å². The van der Waals surface area contributed by atoms with Crippen molar-refractivity contribution >= 4 is 6.45 Å². The van der Waals surface area contributed by atoms with Gasteiger partial charge in [0.25, 0.3) is 6.45 Å². The maximum absolute atomic E-state index is 10.1. The molecular weight excluding hydrogens is 128 g/mol. The molecule has 0 fully saturated rings. The third kappa shape index (κ3) is 1.90. The molecule has 10 heavy (non-hydrogen) atoms. The molecule has 0 radical (unpaired) electrons. The standard InChI is InChI=1S/C8H8O2/c9-7-10-6-8-4-2-1-3-5-8/h1-5,7H,6H2/i7T. The Hall–Kier alpha value is -1.31. The van der Waals surface area contributed by atoms with Gasteiger partial charge in [-0.05, 0) is 5.56 Å². The molecule has 0 saturated heterocycles. The van der Waals surface area contributed by atoms with Gasteiger partial charge in [-0.2, -0.15) is 0 Å². The highest BCUT2D eigenvalue weighted by Gasteiger charge is 1.87. The summed E-state index contributed by atoms with van der Waals surface area (Å²) in [6, 6.07) is 9.26. The summed E-state index contributed by atoms with van der Waals surface area (Å²) in [6.07, 6.45) is -0.992. The van der Waals surface area contributed by atoms with Crippen LogP contribution in [-0.4, -0.2) is 6.45 Å². The van der Waals surface area contributed by atoms with E-state index in [0.717, 1.165) is 5.56 Å². The second-order valence-electron chi connectivity index (χ2n) is 1.86. The van der Waals surface area contributed by atoms with E-state index in [1.165, 1.54) is 0 Å². The SMILES string of the molecule is [3H]C(=O)OCc1ccccc1. The minimum Gasteiger partial charge on any atom is -0.463 e. The number of carbonyl (C=O) groups is 1. The van der Waals surface area contributed by atoms with Crippen molar-refractivity contribution < 1.29 is 10.9 Å². The first-order valence-electron chi connectivity index (χ1n) is 3.46. The van der Waals surface area contributed by atoms with Crippen LogP contribution in [0.5, 0.6) is 0 Å². The number of benzene rings is 1. The molecule has 0 amide bonds. The molecule has 0 aliphatic carbocycles. The summed E-state index contributed by atoms with van der Waals surface area (Å²) >= 11 is 0. The van der Waals surface area contributed by atoms with Gasteiger partial charge in [-0.15, -0.1) is 0 Å². The summed E-state index contributed by atoms with van der Waals surface area (Å²) in [5.41, 5.74) is 0.896. The zero-order valence-electron chi connectivity index (χ0n) is 6.41. The van der Waals surface area contributed by atoms with Crippen LogP contribution in [0.2, 0.25) is 0 Å². The molecular formula is C8H8O2. The zero-order chi connectivity index (χ0) is 8.10. The van der Waals surface area contributed by atoms with Gasteiger partial charge in [-0.3, -0.25) is 4.79 Å². The Bertz CT molecular complexity index is 233. The largest absolute Gasteiger partial charge is 0.463 e. The molecule has 1 rings (SSSR count). The average molecular weight is 138 g/mol. The van der Waals surface area contributed by atoms with E-state index in [2.05, 4.69) is 4.74 Å². The summed E-state index contributed by atoms with van der Waals surface area (Å²) in [5.74, 6) is 0. The van der Waals surface area contributed by atoms with E-state index in [9.17, 15) is 4.79 Å². The molecule has 0 unspecified atom stereocenters. The van der Waals surface area contributed by atoms with Gasteiger partial charge < -0.3 is 4.74 Å². The molecule has 0 N–H and O–H groups in total. The molecule has 0 spiro atoms. The van der Waals surface area contributed by atoms with Gasteiger partial charge in [0.05, 0.1) is 0 Å². The predicted molar refractivity (Wildman–Crippen MR) is 37.3 cm³/mol. The van der Waals surface area contributed by atoms with Crippen LogP contribution in [0.4, 0.5) is 0 Å². The fourth-order valence-corrected chi connectivity index (χ4v) is 0.687. The number of hydrogen-bond acceptors (Lipinski definition) is 2. The fraction of sp³-hybridized carbons (Fsp3) is 0.125. The van der Waals surface area contributed by atoms with Crippen LogP contribution in [0.1, 0.15) is 6.93 Å². The lowest BCUT2D eigenvalue weighted by Crippen LogP contribution is -1.88. The van der Waals surface area contributed by atoms with Crippen LogP contribution in [0.15, 0.2) is 30.3 Å². The number of rotatable bonds is 2. The molecule has 0 bridgehead atoms. The highest BCUT2D eigenvalue weighted by Crippen LogP contribution is 1.98. The Kier molecular flexibility index (Phi) is 2.01. The van der Waals surface area contributed by atoms with E-state index in [1.807, 2.05) is 30.3 Å². The van der Waals surface area contributed by atoms with E-state index in [-0.39, 0.29) is 6.61 Å². The van der Waals surface area contributed by atoms with Crippen molar-refractivity contribution in [2.45, 2.75) is 6.61 Å². The van der Waals surface area contributed by atoms with Crippen molar-refractivity contribution in [3.63, 3.8) is 0 Å². The molecule has 52 valence electrons. The van der Waals surface area contributed by atoms with Crippen LogP contribution >= 0.6 is 0 Å². The summed E-state index contributed by atoms with van der Waals surface area (Å²) in [7, 11) is 0. The number of carbonyl (C=O) groups excluding carboxylic acids is 1. The first-order chi connectivity index (χ1) is 5.29. The molecule has 0 heterocycles. The van der Waals surface area contributed by atoms with Gasteiger partial charge in [0.15, 0.2) is 1.37 Å². The molecule has 1 aromatic carbocycles. The van der Waals surface area contributed by atoms with Crippen LogP contribution < -0.4 is 0 Å². The summed E-state index contributed by atoms with van der Waals surface area (Å²) < 4.78 is 10.9. The first kappa shape index (κ1) is 5.47. The van der Waals surface area contributed by atoms with Crippen LogP contribution in [-0.2, 0) is 16.1 Å². The van der Waals surface area contributed by atoms with Crippen molar-refractivity contribution in [1.82, 2.24) is 0 Å². The Labute approximate surface area is 60.8 Å². The molecule has 2 nitrogen and oxygen atoms in total. The molecule has 0 aliphatic rings. The third-order valence-electron chi connectivity index (χ3n) is 1.14. The second kappa shape index (κ2) is 3.67. The lowest BCUT2D eigenvalue weighted by atomic mass is 10.2. The van der Waals surface area contributed by atoms with Gasteiger partial charge in [-0.25, -0.2) is 0 Å². The molecule has 0 aliphatic heterocycles. The molecule has 0 saturated carbocycles. The highest BCUT2D eigenvalue weighted by molar-refractivity contribution is 5.37. The molecule has 0 atom stereocenters.